The Balaban J connectivity index is 2.87. The summed E-state index contributed by atoms with van der Waals surface area (Å²) in [5.74, 6) is 0.191. The molecule has 0 atom stereocenters. The largest absolute Gasteiger partial charge is 0.506 e. The van der Waals surface area contributed by atoms with E-state index in [1.165, 1.54) is 11.3 Å². The molecule has 2 nitrogen and oxygen atoms in total. The molecule has 2 aromatic rings. The molecule has 1 aromatic heterocycles. The number of aliphatic hydroxyl groups is 1. The van der Waals surface area contributed by atoms with E-state index >= 15 is 0 Å². The number of hydrogen-bond acceptors (Lipinski definition) is 4. The summed E-state index contributed by atoms with van der Waals surface area (Å²) in [4.78, 5) is 0.509. The number of benzene rings is 1. The predicted molar refractivity (Wildman–Crippen MR) is 56.7 cm³/mol. The lowest BCUT2D eigenvalue weighted by atomic mass is 10.1. The first-order valence-electron chi connectivity index (χ1n) is 3.76. The van der Waals surface area contributed by atoms with E-state index in [2.05, 4.69) is 12.6 Å². The molecule has 0 fully saturated rings. The third-order valence-electron chi connectivity index (χ3n) is 1.94. The van der Waals surface area contributed by atoms with Gasteiger partial charge in [0.2, 0.25) is 0 Å². The predicted octanol–water partition coefficient (Wildman–Crippen LogP) is 2.39. The van der Waals surface area contributed by atoms with E-state index in [1.54, 1.807) is 6.07 Å². The van der Waals surface area contributed by atoms with Crippen molar-refractivity contribution in [3.05, 3.63) is 23.1 Å². The van der Waals surface area contributed by atoms with Crippen LogP contribution < -0.4 is 0 Å². The quantitative estimate of drug-likeness (QED) is 0.635. The summed E-state index contributed by atoms with van der Waals surface area (Å²) in [5.41, 5.74) is 0.813. The third kappa shape index (κ3) is 1.31. The SMILES string of the molecule is OCc1cc(S)c(O)c2ccsc12. The van der Waals surface area contributed by atoms with Crippen LogP contribution in [0.4, 0.5) is 0 Å². The van der Waals surface area contributed by atoms with Crippen molar-refractivity contribution in [3.63, 3.8) is 0 Å². The van der Waals surface area contributed by atoms with Crippen molar-refractivity contribution in [2.24, 2.45) is 0 Å². The van der Waals surface area contributed by atoms with Crippen LogP contribution in [0.2, 0.25) is 0 Å². The standard InChI is InChI=1S/C9H8O2S2/c10-4-5-3-7(12)8(11)6-1-2-13-9(5)6/h1-3,10-12H,4H2. The van der Waals surface area contributed by atoms with Crippen molar-refractivity contribution in [2.45, 2.75) is 11.5 Å². The van der Waals surface area contributed by atoms with Crippen LogP contribution in [0, 0.1) is 0 Å². The van der Waals surface area contributed by atoms with Gasteiger partial charge in [0, 0.05) is 15.0 Å². The molecule has 1 heterocycles. The summed E-state index contributed by atoms with van der Waals surface area (Å²) >= 11 is 5.62. The fourth-order valence-electron chi connectivity index (χ4n) is 1.30. The molecule has 0 saturated carbocycles. The Morgan fingerprint density at radius 3 is 2.92 bits per heavy atom. The van der Waals surface area contributed by atoms with Crippen LogP contribution in [0.15, 0.2) is 22.4 Å². The van der Waals surface area contributed by atoms with Gasteiger partial charge in [0.1, 0.15) is 5.75 Å². The molecule has 0 unspecified atom stereocenters. The summed E-state index contributed by atoms with van der Waals surface area (Å²) in [6, 6.07) is 3.52. The van der Waals surface area contributed by atoms with E-state index < -0.39 is 0 Å². The summed E-state index contributed by atoms with van der Waals surface area (Å²) in [6.07, 6.45) is 0. The van der Waals surface area contributed by atoms with Crippen molar-refractivity contribution in [1.82, 2.24) is 0 Å². The molecule has 0 aliphatic carbocycles. The van der Waals surface area contributed by atoms with E-state index in [-0.39, 0.29) is 12.4 Å². The van der Waals surface area contributed by atoms with Gasteiger partial charge in [-0.05, 0) is 23.1 Å². The second-order valence-electron chi connectivity index (χ2n) is 2.72. The van der Waals surface area contributed by atoms with E-state index in [9.17, 15) is 5.11 Å². The molecule has 0 aliphatic heterocycles. The van der Waals surface area contributed by atoms with Crippen LogP contribution in [0.1, 0.15) is 5.56 Å². The van der Waals surface area contributed by atoms with Gasteiger partial charge in [-0.2, -0.15) is 0 Å². The minimum atomic E-state index is -0.0230. The van der Waals surface area contributed by atoms with Crippen molar-refractivity contribution >= 4 is 34.1 Å². The number of thiophene rings is 1. The van der Waals surface area contributed by atoms with E-state index in [0.717, 1.165) is 15.6 Å². The monoisotopic (exact) mass is 212 g/mol. The highest BCUT2D eigenvalue weighted by molar-refractivity contribution is 7.80. The molecule has 4 heteroatoms. The van der Waals surface area contributed by atoms with Crippen molar-refractivity contribution in [3.8, 4) is 5.75 Å². The topological polar surface area (TPSA) is 40.5 Å². The molecule has 2 rings (SSSR count). The molecule has 0 radical (unpaired) electrons. The number of rotatable bonds is 1. The Kier molecular flexibility index (Phi) is 2.19. The zero-order chi connectivity index (χ0) is 9.42. The lowest BCUT2D eigenvalue weighted by Gasteiger charge is -2.03. The number of hydrogen-bond donors (Lipinski definition) is 3. The van der Waals surface area contributed by atoms with Crippen molar-refractivity contribution in [1.29, 1.82) is 0 Å². The maximum Gasteiger partial charge on any atom is 0.137 e. The average molecular weight is 212 g/mol. The molecule has 0 saturated heterocycles. The molecule has 0 bridgehead atoms. The number of aromatic hydroxyl groups is 1. The third-order valence-corrected chi connectivity index (χ3v) is 3.27. The van der Waals surface area contributed by atoms with Gasteiger partial charge in [0.05, 0.1) is 6.61 Å². The molecule has 0 spiro atoms. The first-order chi connectivity index (χ1) is 6.24. The van der Waals surface area contributed by atoms with Crippen LogP contribution in [-0.4, -0.2) is 10.2 Å². The van der Waals surface area contributed by atoms with Gasteiger partial charge in [-0.25, -0.2) is 0 Å². The lowest BCUT2D eigenvalue weighted by molar-refractivity contribution is 0.283. The second-order valence-corrected chi connectivity index (χ2v) is 4.12. The van der Waals surface area contributed by atoms with E-state index in [1.807, 2.05) is 11.4 Å². The Morgan fingerprint density at radius 2 is 2.23 bits per heavy atom. The van der Waals surface area contributed by atoms with Gasteiger partial charge in [-0.1, -0.05) is 0 Å². The summed E-state index contributed by atoms with van der Waals surface area (Å²) in [6.45, 7) is -0.0230. The van der Waals surface area contributed by atoms with Crippen molar-refractivity contribution in [2.75, 3.05) is 0 Å². The molecule has 68 valence electrons. The molecular weight excluding hydrogens is 204 g/mol. The molecule has 0 amide bonds. The lowest BCUT2D eigenvalue weighted by Crippen LogP contribution is -1.84. The number of phenolic OH excluding ortho intramolecular Hbond substituents is 1. The highest BCUT2D eigenvalue weighted by Crippen LogP contribution is 2.36. The van der Waals surface area contributed by atoms with Gasteiger partial charge < -0.3 is 10.2 Å². The van der Waals surface area contributed by atoms with E-state index in [4.69, 9.17) is 5.11 Å². The highest BCUT2D eigenvalue weighted by Gasteiger charge is 2.09. The molecule has 0 aliphatic rings. The smallest absolute Gasteiger partial charge is 0.137 e. The minimum Gasteiger partial charge on any atom is -0.506 e. The molecule has 1 aromatic carbocycles. The van der Waals surface area contributed by atoms with Crippen LogP contribution in [0.25, 0.3) is 10.1 Å². The fourth-order valence-corrected chi connectivity index (χ4v) is 2.48. The maximum absolute atomic E-state index is 9.62. The van der Waals surface area contributed by atoms with Crippen LogP contribution in [-0.2, 0) is 6.61 Å². The Bertz CT molecular complexity index is 448. The number of thiol groups is 1. The van der Waals surface area contributed by atoms with E-state index in [0.29, 0.717) is 4.90 Å². The van der Waals surface area contributed by atoms with Crippen LogP contribution >= 0.6 is 24.0 Å². The Labute approximate surface area is 84.9 Å². The highest BCUT2D eigenvalue weighted by atomic mass is 32.1. The minimum absolute atomic E-state index is 0.0230. The van der Waals surface area contributed by atoms with Gasteiger partial charge >= 0.3 is 0 Å². The van der Waals surface area contributed by atoms with Crippen LogP contribution in [0.5, 0.6) is 5.75 Å². The zero-order valence-corrected chi connectivity index (χ0v) is 8.40. The Morgan fingerprint density at radius 1 is 1.46 bits per heavy atom. The summed E-state index contributed by atoms with van der Waals surface area (Å²) in [7, 11) is 0. The summed E-state index contributed by atoms with van der Waals surface area (Å²) < 4.78 is 0.929. The maximum atomic E-state index is 9.62. The molecule has 2 N–H and O–H groups in total. The molecular formula is C9H8O2S2. The summed E-state index contributed by atoms with van der Waals surface area (Å²) in [5, 5.41) is 21.3. The Hall–Kier alpha value is -0.710. The first kappa shape index (κ1) is 8.87. The normalized spacial score (nSPS) is 10.9. The zero-order valence-electron chi connectivity index (χ0n) is 6.69. The number of aliphatic hydroxyl groups excluding tert-OH is 1. The average Bonchev–Trinajstić information content (AvgIpc) is 2.60. The van der Waals surface area contributed by atoms with Gasteiger partial charge in [0.15, 0.2) is 0 Å². The number of phenols is 1. The van der Waals surface area contributed by atoms with Gasteiger partial charge in [-0.3, -0.25) is 0 Å². The van der Waals surface area contributed by atoms with Crippen LogP contribution in [0.3, 0.4) is 0 Å². The fraction of sp³-hybridized carbons (Fsp3) is 0.111. The second kappa shape index (κ2) is 3.21. The number of fused-ring (bicyclic) bond motifs is 1. The van der Waals surface area contributed by atoms with Crippen molar-refractivity contribution < 1.29 is 10.2 Å². The molecule has 13 heavy (non-hydrogen) atoms. The first-order valence-corrected chi connectivity index (χ1v) is 5.08. The van der Waals surface area contributed by atoms with Gasteiger partial charge in [0.25, 0.3) is 0 Å². The van der Waals surface area contributed by atoms with Gasteiger partial charge in [-0.15, -0.1) is 24.0 Å².